The molecule has 0 radical (unpaired) electrons. The van der Waals surface area contributed by atoms with Crippen LogP contribution in [0.3, 0.4) is 0 Å². The Hall–Kier alpha value is -3.31. The molecule has 4 rings (SSSR count). The molecule has 2 aliphatic rings. The van der Waals surface area contributed by atoms with Crippen LogP contribution in [0, 0.1) is 11.6 Å². The molecule has 2 aromatic rings. The summed E-state index contributed by atoms with van der Waals surface area (Å²) in [5.41, 5.74) is -7.05. The van der Waals surface area contributed by atoms with E-state index < -0.39 is 81.5 Å². The van der Waals surface area contributed by atoms with E-state index in [1.54, 1.807) is 20.8 Å². The van der Waals surface area contributed by atoms with Crippen LogP contribution in [0.2, 0.25) is 0 Å². The third-order valence-electron chi connectivity index (χ3n) is 7.99. The van der Waals surface area contributed by atoms with Crippen molar-refractivity contribution >= 4 is 27.6 Å². The van der Waals surface area contributed by atoms with Gasteiger partial charge in [0.15, 0.2) is 5.71 Å². The molecule has 0 aliphatic carbocycles. The van der Waals surface area contributed by atoms with Crippen LogP contribution >= 0.6 is 0 Å². The molecule has 2 atom stereocenters. The van der Waals surface area contributed by atoms with Crippen LogP contribution in [0.4, 0.5) is 45.6 Å². The summed E-state index contributed by atoms with van der Waals surface area (Å²) in [5.74, 6) is -6.51. The second-order valence-electron chi connectivity index (χ2n) is 13.3. The molecule has 0 unspecified atom stereocenters. The molecule has 272 valence electrons. The number of ether oxygens (including phenoxy) is 1. The van der Waals surface area contributed by atoms with Gasteiger partial charge in [0.2, 0.25) is 5.69 Å². The van der Waals surface area contributed by atoms with Crippen molar-refractivity contribution < 1.29 is 61.8 Å². The van der Waals surface area contributed by atoms with Crippen LogP contribution in [0.5, 0.6) is 5.75 Å². The number of fused-ring (bicyclic) bond motifs is 1. The molecule has 1 amide bonds. The van der Waals surface area contributed by atoms with Gasteiger partial charge in [-0.3, -0.25) is 14.2 Å². The average molecular weight is 729 g/mol. The van der Waals surface area contributed by atoms with Crippen molar-refractivity contribution in [2.75, 3.05) is 32.9 Å². The van der Waals surface area contributed by atoms with Crippen LogP contribution in [-0.4, -0.2) is 90.5 Å². The molecular formula is C32H38F8N3O5S+. The van der Waals surface area contributed by atoms with Gasteiger partial charge in [0, 0.05) is 50.2 Å². The summed E-state index contributed by atoms with van der Waals surface area (Å²) in [7, 11) is -6.05. The van der Waals surface area contributed by atoms with Gasteiger partial charge in [0.25, 0.3) is 5.92 Å². The van der Waals surface area contributed by atoms with Crippen molar-refractivity contribution in [1.82, 2.24) is 9.80 Å². The highest BCUT2D eigenvalue weighted by Crippen LogP contribution is 2.43. The summed E-state index contributed by atoms with van der Waals surface area (Å²) >= 11 is 0. The number of likely N-dealkylation sites (tertiary alicyclic amines) is 1. The Labute approximate surface area is 279 Å². The van der Waals surface area contributed by atoms with Gasteiger partial charge in [0.05, 0.1) is 25.8 Å². The highest BCUT2D eigenvalue weighted by molar-refractivity contribution is 7.88. The van der Waals surface area contributed by atoms with Crippen molar-refractivity contribution in [3.63, 3.8) is 0 Å². The standard InChI is InChI=1S/C32H38F8N3O5S/c1-19-13-20-14-23(48-49(45,46)32(38,39)40)7-8-24(20)28(42(19)18-31(5,36)37)27-25(34)15-22(16-26(27)35)43(29(44)47-30(2,3)4)21-9-12-41(17-21)11-6-10-33/h7-8,14-16,19,28H,6,9-13,17-18H2,1-5H3/q+1/b43-21+/t19-,28+/m1/s1. The first kappa shape index (κ1) is 38.5. The van der Waals surface area contributed by atoms with E-state index >= 15 is 8.78 Å². The number of rotatable bonds is 9. The van der Waals surface area contributed by atoms with Gasteiger partial charge in [-0.25, -0.2) is 17.6 Å². The number of carbonyl (C=O) groups excluding carboxylic acids is 1. The highest BCUT2D eigenvalue weighted by atomic mass is 32.2. The zero-order chi connectivity index (χ0) is 36.7. The Morgan fingerprint density at radius 2 is 1.65 bits per heavy atom. The zero-order valence-electron chi connectivity index (χ0n) is 27.5. The molecule has 2 aromatic carbocycles. The minimum absolute atomic E-state index is 0.0299. The van der Waals surface area contributed by atoms with E-state index in [2.05, 4.69) is 4.18 Å². The van der Waals surface area contributed by atoms with E-state index in [9.17, 15) is 39.6 Å². The Morgan fingerprint density at radius 3 is 2.20 bits per heavy atom. The van der Waals surface area contributed by atoms with Crippen LogP contribution in [0.25, 0.3) is 0 Å². The lowest BCUT2D eigenvalue weighted by Gasteiger charge is -2.43. The number of amides is 1. The summed E-state index contributed by atoms with van der Waals surface area (Å²) in [4.78, 5) is 16.4. The maximum absolute atomic E-state index is 16.3. The van der Waals surface area contributed by atoms with Crippen molar-refractivity contribution in [1.29, 1.82) is 0 Å². The van der Waals surface area contributed by atoms with Crippen LogP contribution < -0.4 is 4.18 Å². The predicted molar refractivity (Wildman–Crippen MR) is 164 cm³/mol. The maximum atomic E-state index is 16.3. The molecule has 2 aliphatic heterocycles. The molecule has 8 nitrogen and oxygen atoms in total. The van der Waals surface area contributed by atoms with Crippen LogP contribution in [0.1, 0.15) is 70.2 Å². The van der Waals surface area contributed by atoms with Gasteiger partial charge in [0.1, 0.15) is 23.0 Å². The number of carbonyl (C=O) groups is 1. The van der Waals surface area contributed by atoms with Crippen molar-refractivity contribution in [3.05, 3.63) is 58.7 Å². The maximum Gasteiger partial charge on any atom is 0.603 e. The van der Waals surface area contributed by atoms with E-state index in [-0.39, 0.29) is 36.2 Å². The monoisotopic (exact) mass is 728 g/mol. The summed E-state index contributed by atoms with van der Waals surface area (Å²) in [5, 5.41) is 0. The first-order valence-corrected chi connectivity index (χ1v) is 16.8. The Kier molecular flexibility index (Phi) is 11.1. The number of hydrogen-bond acceptors (Lipinski definition) is 7. The van der Waals surface area contributed by atoms with Gasteiger partial charge < -0.3 is 8.92 Å². The van der Waals surface area contributed by atoms with Gasteiger partial charge in [-0.15, -0.1) is 0 Å². The fourth-order valence-corrected chi connectivity index (χ4v) is 6.51. The number of benzene rings is 2. The Bertz CT molecular complexity index is 1680. The van der Waals surface area contributed by atoms with Gasteiger partial charge >= 0.3 is 21.7 Å². The molecule has 0 aromatic heterocycles. The molecular weight excluding hydrogens is 690 g/mol. The van der Waals surface area contributed by atoms with Crippen molar-refractivity contribution in [2.24, 2.45) is 0 Å². The molecule has 0 N–H and O–H groups in total. The molecule has 0 spiro atoms. The van der Waals surface area contributed by atoms with Crippen molar-refractivity contribution in [3.8, 4) is 5.75 Å². The number of alkyl halides is 6. The van der Waals surface area contributed by atoms with Crippen LogP contribution in [-0.2, 0) is 21.3 Å². The summed E-state index contributed by atoms with van der Waals surface area (Å²) < 4.78 is 147. The van der Waals surface area contributed by atoms with Gasteiger partial charge in [-0.2, -0.15) is 26.4 Å². The second kappa shape index (κ2) is 14.1. The SMILES string of the molecule is C[C@@H]1Cc2cc(OS(=O)(=O)C(F)(F)F)ccc2[C@@H](c2c(F)cc(/[N+](C(=O)OC(C)(C)C)=C3/CCN(CCCF)C3)cc2F)N1CC(C)(F)F. The molecule has 17 heteroatoms. The van der Waals surface area contributed by atoms with E-state index in [0.717, 1.165) is 39.8 Å². The topological polar surface area (TPSA) is 79.2 Å². The predicted octanol–water partition coefficient (Wildman–Crippen LogP) is 7.27. The first-order chi connectivity index (χ1) is 22.5. The second-order valence-corrected chi connectivity index (χ2v) is 14.9. The van der Waals surface area contributed by atoms with E-state index in [1.165, 1.54) is 6.92 Å². The number of hydrogen-bond donors (Lipinski definition) is 0. The smallest absolute Gasteiger partial charge is 0.406 e. The minimum atomic E-state index is -6.05. The van der Waals surface area contributed by atoms with Gasteiger partial charge in [-0.05, 0) is 63.8 Å². The fraction of sp³-hybridized carbons (Fsp3) is 0.562. The molecule has 49 heavy (non-hydrogen) atoms. The molecule has 0 saturated carbocycles. The summed E-state index contributed by atoms with van der Waals surface area (Å²) in [6.07, 6.45) is -0.474. The minimum Gasteiger partial charge on any atom is -0.406 e. The lowest BCUT2D eigenvalue weighted by atomic mass is 9.84. The van der Waals surface area contributed by atoms with Crippen LogP contribution in [0.15, 0.2) is 30.3 Å². The normalized spacial score (nSPS) is 20.7. The molecule has 1 fully saturated rings. The lowest BCUT2D eigenvalue weighted by molar-refractivity contribution is -0.366. The fourth-order valence-electron chi connectivity index (χ4n) is 6.06. The Morgan fingerprint density at radius 1 is 1.02 bits per heavy atom. The molecule has 0 bridgehead atoms. The quantitative estimate of drug-likeness (QED) is 0.116. The highest BCUT2D eigenvalue weighted by Gasteiger charge is 2.49. The van der Waals surface area contributed by atoms with E-state index in [1.807, 2.05) is 4.90 Å². The summed E-state index contributed by atoms with van der Waals surface area (Å²) in [6, 6.07) is 2.21. The molecule has 2 heterocycles. The summed E-state index contributed by atoms with van der Waals surface area (Å²) in [6.45, 7) is 6.42. The number of halogens is 8. The van der Waals surface area contributed by atoms with Gasteiger partial charge in [-0.1, -0.05) is 10.6 Å². The van der Waals surface area contributed by atoms with E-state index in [0.29, 0.717) is 32.1 Å². The number of nitrogens with zero attached hydrogens (tertiary/aromatic N) is 3. The van der Waals surface area contributed by atoms with E-state index in [4.69, 9.17) is 4.74 Å². The zero-order valence-corrected chi connectivity index (χ0v) is 28.3. The van der Waals surface area contributed by atoms with Crippen molar-refractivity contribution in [2.45, 2.75) is 83.0 Å². The third kappa shape index (κ3) is 9.08. The third-order valence-corrected chi connectivity index (χ3v) is 8.97. The largest absolute Gasteiger partial charge is 0.603 e. The lowest BCUT2D eigenvalue weighted by Crippen LogP contribution is -2.48. The Balaban J connectivity index is 1.85. The molecule has 1 saturated heterocycles. The average Bonchev–Trinajstić information content (AvgIpc) is 3.38. The first-order valence-electron chi connectivity index (χ1n) is 15.4.